The normalized spacial score (nSPS) is 10.5. The number of rotatable bonds is 3. The summed E-state index contributed by atoms with van der Waals surface area (Å²) in [5.41, 5.74) is 0.613. The molecular formula is C9H11F2NO. The SMILES string of the molecule is CON(C)c1cccc(C(F)F)c1. The molecule has 1 rings (SSSR count). The zero-order chi connectivity index (χ0) is 9.84. The molecular weight excluding hydrogens is 176 g/mol. The Labute approximate surface area is 75.7 Å². The number of nitrogens with zero attached hydrogens (tertiary/aromatic N) is 1. The first-order chi connectivity index (χ1) is 6.15. The van der Waals surface area contributed by atoms with Gasteiger partial charge in [-0.25, -0.2) is 8.78 Å². The minimum atomic E-state index is -2.44. The van der Waals surface area contributed by atoms with Gasteiger partial charge in [0.2, 0.25) is 0 Å². The average molecular weight is 187 g/mol. The lowest BCUT2D eigenvalue weighted by atomic mass is 10.2. The third-order valence-corrected chi connectivity index (χ3v) is 1.76. The molecule has 13 heavy (non-hydrogen) atoms. The summed E-state index contributed by atoms with van der Waals surface area (Å²) in [5, 5.41) is 1.42. The minimum absolute atomic E-state index is 0.00130. The molecule has 1 aromatic carbocycles. The summed E-state index contributed by atoms with van der Waals surface area (Å²) in [7, 11) is 3.14. The van der Waals surface area contributed by atoms with Crippen molar-refractivity contribution >= 4 is 5.69 Å². The molecule has 0 fully saturated rings. The summed E-state index contributed by atoms with van der Waals surface area (Å²) < 4.78 is 24.5. The van der Waals surface area contributed by atoms with Crippen LogP contribution < -0.4 is 5.06 Å². The summed E-state index contributed by atoms with van der Waals surface area (Å²) in [4.78, 5) is 4.86. The van der Waals surface area contributed by atoms with Crippen LogP contribution in [0.4, 0.5) is 14.5 Å². The fourth-order valence-electron chi connectivity index (χ4n) is 0.962. The quantitative estimate of drug-likeness (QED) is 0.674. The van der Waals surface area contributed by atoms with E-state index in [0.29, 0.717) is 5.69 Å². The van der Waals surface area contributed by atoms with E-state index in [4.69, 9.17) is 4.84 Å². The minimum Gasteiger partial charge on any atom is -0.277 e. The second-order valence-corrected chi connectivity index (χ2v) is 2.58. The second-order valence-electron chi connectivity index (χ2n) is 2.58. The van der Waals surface area contributed by atoms with Gasteiger partial charge in [-0.05, 0) is 12.1 Å². The van der Waals surface area contributed by atoms with Gasteiger partial charge >= 0.3 is 0 Å². The highest BCUT2D eigenvalue weighted by atomic mass is 19.3. The lowest BCUT2D eigenvalue weighted by molar-refractivity contribution is 0.151. The summed E-state index contributed by atoms with van der Waals surface area (Å²) in [6.07, 6.45) is -2.44. The number of hydrogen-bond acceptors (Lipinski definition) is 2. The maximum Gasteiger partial charge on any atom is 0.263 e. The molecule has 2 nitrogen and oxygen atoms in total. The Morgan fingerprint density at radius 1 is 1.38 bits per heavy atom. The van der Waals surface area contributed by atoms with E-state index in [0.717, 1.165) is 0 Å². The molecule has 0 unspecified atom stereocenters. The van der Waals surface area contributed by atoms with E-state index in [2.05, 4.69) is 0 Å². The molecule has 1 aromatic rings. The van der Waals surface area contributed by atoms with Crippen LogP contribution in [0.5, 0.6) is 0 Å². The number of hydroxylamine groups is 1. The average Bonchev–Trinajstić information content (AvgIpc) is 2.17. The van der Waals surface area contributed by atoms with Crippen LogP contribution in [0.25, 0.3) is 0 Å². The third-order valence-electron chi connectivity index (χ3n) is 1.76. The predicted molar refractivity (Wildman–Crippen MR) is 46.8 cm³/mol. The predicted octanol–water partition coefficient (Wildman–Crippen LogP) is 2.62. The van der Waals surface area contributed by atoms with Crippen molar-refractivity contribution in [2.75, 3.05) is 19.2 Å². The highest BCUT2D eigenvalue weighted by Crippen LogP contribution is 2.23. The van der Waals surface area contributed by atoms with E-state index in [1.807, 2.05) is 0 Å². The highest BCUT2D eigenvalue weighted by Gasteiger charge is 2.08. The van der Waals surface area contributed by atoms with E-state index in [1.54, 1.807) is 19.2 Å². The Kier molecular flexibility index (Phi) is 3.19. The van der Waals surface area contributed by atoms with Crippen LogP contribution in [0, 0.1) is 0 Å². The third kappa shape index (κ3) is 2.39. The van der Waals surface area contributed by atoms with Gasteiger partial charge < -0.3 is 0 Å². The van der Waals surface area contributed by atoms with Gasteiger partial charge in [-0.2, -0.15) is 0 Å². The van der Waals surface area contributed by atoms with Crippen molar-refractivity contribution in [3.05, 3.63) is 29.8 Å². The molecule has 4 heteroatoms. The standard InChI is InChI=1S/C9H11F2NO/c1-12(13-2)8-5-3-4-7(6-8)9(10)11/h3-6,9H,1-2H3. The number of halogens is 2. The molecule has 0 atom stereocenters. The molecule has 0 bridgehead atoms. The molecule has 0 saturated carbocycles. The van der Waals surface area contributed by atoms with E-state index in [-0.39, 0.29) is 5.56 Å². The lowest BCUT2D eigenvalue weighted by Gasteiger charge is -2.16. The van der Waals surface area contributed by atoms with E-state index in [1.165, 1.54) is 24.3 Å². The summed E-state index contributed by atoms with van der Waals surface area (Å²) in [6.45, 7) is 0. The maximum absolute atomic E-state index is 12.3. The van der Waals surface area contributed by atoms with Gasteiger partial charge in [0.15, 0.2) is 0 Å². The van der Waals surface area contributed by atoms with Gasteiger partial charge in [0, 0.05) is 12.6 Å². The maximum atomic E-state index is 12.3. The topological polar surface area (TPSA) is 12.5 Å². The smallest absolute Gasteiger partial charge is 0.263 e. The Bertz CT molecular complexity index is 278. The van der Waals surface area contributed by atoms with Crippen LogP contribution in [-0.2, 0) is 4.84 Å². The van der Waals surface area contributed by atoms with Crippen molar-refractivity contribution in [1.29, 1.82) is 0 Å². The van der Waals surface area contributed by atoms with Crippen LogP contribution >= 0.6 is 0 Å². The Morgan fingerprint density at radius 3 is 2.62 bits per heavy atom. The van der Waals surface area contributed by atoms with Crippen molar-refractivity contribution in [2.24, 2.45) is 0 Å². The van der Waals surface area contributed by atoms with Crippen LogP contribution in [-0.4, -0.2) is 14.2 Å². The second kappa shape index (κ2) is 4.18. The first kappa shape index (κ1) is 9.92. The van der Waals surface area contributed by atoms with Crippen molar-refractivity contribution in [3.8, 4) is 0 Å². The Morgan fingerprint density at radius 2 is 2.08 bits per heavy atom. The fraction of sp³-hybridized carbons (Fsp3) is 0.333. The molecule has 72 valence electrons. The van der Waals surface area contributed by atoms with Crippen LogP contribution in [0.3, 0.4) is 0 Å². The van der Waals surface area contributed by atoms with E-state index in [9.17, 15) is 8.78 Å². The molecule has 0 aliphatic carbocycles. The molecule has 0 aromatic heterocycles. The van der Waals surface area contributed by atoms with Crippen LogP contribution in [0.1, 0.15) is 12.0 Å². The van der Waals surface area contributed by atoms with Crippen molar-refractivity contribution < 1.29 is 13.6 Å². The first-order valence-electron chi connectivity index (χ1n) is 3.81. The van der Waals surface area contributed by atoms with Gasteiger partial charge in [0.25, 0.3) is 6.43 Å². The molecule has 0 spiro atoms. The fourth-order valence-corrected chi connectivity index (χ4v) is 0.962. The zero-order valence-electron chi connectivity index (χ0n) is 7.50. The summed E-state index contributed by atoms with van der Waals surface area (Å²) >= 11 is 0. The number of hydrogen-bond donors (Lipinski definition) is 0. The molecule has 0 aliphatic heterocycles. The Hall–Kier alpha value is -1.16. The number of alkyl halides is 2. The largest absolute Gasteiger partial charge is 0.277 e. The van der Waals surface area contributed by atoms with Gasteiger partial charge in [0.1, 0.15) is 0 Å². The Balaban J connectivity index is 2.91. The molecule has 0 N–H and O–H groups in total. The molecule has 0 radical (unpaired) electrons. The van der Waals surface area contributed by atoms with Gasteiger partial charge in [-0.1, -0.05) is 12.1 Å². The van der Waals surface area contributed by atoms with Crippen LogP contribution in [0.2, 0.25) is 0 Å². The van der Waals surface area contributed by atoms with Gasteiger partial charge in [0.05, 0.1) is 12.8 Å². The monoisotopic (exact) mass is 187 g/mol. The van der Waals surface area contributed by atoms with Crippen LogP contribution in [0.15, 0.2) is 24.3 Å². The van der Waals surface area contributed by atoms with Crippen molar-refractivity contribution in [2.45, 2.75) is 6.43 Å². The molecule has 0 saturated heterocycles. The van der Waals surface area contributed by atoms with E-state index < -0.39 is 6.43 Å². The summed E-state index contributed by atoms with van der Waals surface area (Å²) in [5.74, 6) is 0. The van der Waals surface area contributed by atoms with Crippen molar-refractivity contribution in [1.82, 2.24) is 0 Å². The first-order valence-corrected chi connectivity index (χ1v) is 3.81. The number of anilines is 1. The number of benzene rings is 1. The van der Waals surface area contributed by atoms with Crippen molar-refractivity contribution in [3.63, 3.8) is 0 Å². The van der Waals surface area contributed by atoms with E-state index >= 15 is 0 Å². The van der Waals surface area contributed by atoms with Gasteiger partial charge in [-0.15, -0.1) is 0 Å². The lowest BCUT2D eigenvalue weighted by Crippen LogP contribution is -2.14. The molecule has 0 heterocycles. The van der Waals surface area contributed by atoms with Gasteiger partial charge in [-0.3, -0.25) is 9.90 Å². The molecule has 0 aliphatic rings. The summed E-state index contributed by atoms with van der Waals surface area (Å²) in [6, 6.07) is 6.06. The highest BCUT2D eigenvalue weighted by molar-refractivity contribution is 5.45. The zero-order valence-corrected chi connectivity index (χ0v) is 7.50. The molecule has 0 amide bonds.